The van der Waals surface area contributed by atoms with Gasteiger partial charge in [0.05, 0.1) is 30.1 Å². The normalized spacial score (nSPS) is 9.90. The van der Waals surface area contributed by atoms with E-state index in [1.807, 2.05) is 13.0 Å². The summed E-state index contributed by atoms with van der Waals surface area (Å²) in [7, 11) is 1.39. The maximum absolute atomic E-state index is 13.5. The minimum atomic E-state index is -0.516. The highest BCUT2D eigenvalue weighted by atomic mass is 19.1. The van der Waals surface area contributed by atoms with Crippen LogP contribution in [0.4, 0.5) is 21.5 Å². The molecular weight excluding hydrogens is 257 g/mol. The van der Waals surface area contributed by atoms with E-state index in [0.29, 0.717) is 11.3 Å². The van der Waals surface area contributed by atoms with Crippen molar-refractivity contribution >= 4 is 17.1 Å². The molecule has 2 aromatic carbocycles. The van der Waals surface area contributed by atoms with Crippen LogP contribution in [-0.2, 0) is 0 Å². The van der Waals surface area contributed by atoms with Crippen LogP contribution in [0.5, 0.6) is 5.75 Å². The molecule has 0 fully saturated rings. The van der Waals surface area contributed by atoms with Crippen molar-refractivity contribution in [2.45, 2.75) is 6.92 Å². The zero-order chi connectivity index (χ0) is 14.7. The van der Waals surface area contributed by atoms with Gasteiger partial charge in [-0.3, -0.25) is 0 Å². The van der Waals surface area contributed by atoms with E-state index >= 15 is 0 Å². The second-order valence-electron chi connectivity index (χ2n) is 4.34. The Balaban J connectivity index is 2.42. The van der Waals surface area contributed by atoms with E-state index in [0.717, 1.165) is 11.3 Å². The van der Waals surface area contributed by atoms with E-state index in [-0.39, 0.29) is 11.4 Å². The number of benzene rings is 2. The lowest BCUT2D eigenvalue weighted by Crippen LogP contribution is -2.00. The van der Waals surface area contributed by atoms with E-state index < -0.39 is 5.82 Å². The molecule has 0 saturated heterocycles. The molecule has 5 heteroatoms. The van der Waals surface area contributed by atoms with Gasteiger partial charge in [0.15, 0.2) is 11.6 Å². The van der Waals surface area contributed by atoms with Gasteiger partial charge in [-0.15, -0.1) is 0 Å². The number of halogens is 1. The summed E-state index contributed by atoms with van der Waals surface area (Å²) in [5, 5.41) is 12.0. The molecular formula is C15H14FN3O. The van der Waals surface area contributed by atoms with Crippen LogP contribution in [-0.4, -0.2) is 7.11 Å². The first-order valence-corrected chi connectivity index (χ1v) is 5.96. The van der Waals surface area contributed by atoms with Crippen LogP contribution >= 0.6 is 0 Å². The summed E-state index contributed by atoms with van der Waals surface area (Å²) in [5.74, 6) is -0.408. The molecule has 0 aromatic heterocycles. The van der Waals surface area contributed by atoms with Gasteiger partial charge in [0, 0.05) is 17.8 Å². The number of nitrogen functional groups attached to an aromatic ring is 1. The molecule has 102 valence electrons. The van der Waals surface area contributed by atoms with Crippen LogP contribution in [0.25, 0.3) is 0 Å². The molecule has 0 heterocycles. The molecule has 3 N–H and O–H groups in total. The molecule has 4 nitrogen and oxygen atoms in total. The summed E-state index contributed by atoms with van der Waals surface area (Å²) in [6.45, 7) is 1.90. The lowest BCUT2D eigenvalue weighted by molar-refractivity contribution is 0.387. The summed E-state index contributed by atoms with van der Waals surface area (Å²) < 4.78 is 18.4. The fourth-order valence-electron chi connectivity index (χ4n) is 1.80. The summed E-state index contributed by atoms with van der Waals surface area (Å²) >= 11 is 0. The molecule has 2 aromatic rings. The standard InChI is InChI=1S/C15H14FN3O/c1-9-3-4-10(8-17)5-13(9)19-14-7-15(20-2)11(16)6-12(14)18/h3-7,19H,18H2,1-2H3. The molecule has 0 unspecified atom stereocenters. The number of nitrogens with one attached hydrogen (secondary N) is 1. The highest BCUT2D eigenvalue weighted by molar-refractivity contribution is 5.76. The minimum absolute atomic E-state index is 0.107. The van der Waals surface area contributed by atoms with Gasteiger partial charge >= 0.3 is 0 Å². The number of aryl methyl sites for hydroxylation is 1. The average molecular weight is 271 g/mol. The number of nitrogens with zero attached hydrogens (tertiary/aromatic N) is 1. The van der Waals surface area contributed by atoms with Crippen molar-refractivity contribution in [3.63, 3.8) is 0 Å². The van der Waals surface area contributed by atoms with Crippen molar-refractivity contribution in [3.8, 4) is 11.8 Å². The highest BCUT2D eigenvalue weighted by Crippen LogP contribution is 2.31. The van der Waals surface area contributed by atoms with Gasteiger partial charge in [-0.1, -0.05) is 6.07 Å². The Hall–Kier alpha value is -2.74. The largest absolute Gasteiger partial charge is 0.494 e. The molecule has 0 radical (unpaired) electrons. The van der Waals surface area contributed by atoms with Crippen molar-refractivity contribution < 1.29 is 9.13 Å². The number of hydrogen-bond donors (Lipinski definition) is 2. The van der Waals surface area contributed by atoms with Crippen LogP contribution in [0.2, 0.25) is 0 Å². The van der Waals surface area contributed by atoms with Crippen molar-refractivity contribution in [3.05, 3.63) is 47.3 Å². The van der Waals surface area contributed by atoms with Crippen molar-refractivity contribution in [2.24, 2.45) is 0 Å². The second kappa shape index (κ2) is 5.49. The van der Waals surface area contributed by atoms with Crippen molar-refractivity contribution in [1.29, 1.82) is 5.26 Å². The Morgan fingerprint density at radius 1 is 1.25 bits per heavy atom. The fourth-order valence-corrected chi connectivity index (χ4v) is 1.80. The monoisotopic (exact) mass is 271 g/mol. The third kappa shape index (κ3) is 2.64. The lowest BCUT2D eigenvalue weighted by Gasteiger charge is -2.13. The zero-order valence-electron chi connectivity index (χ0n) is 11.2. The van der Waals surface area contributed by atoms with E-state index in [9.17, 15) is 4.39 Å². The Bertz CT molecular complexity index is 692. The third-order valence-corrected chi connectivity index (χ3v) is 2.96. The Labute approximate surface area is 116 Å². The van der Waals surface area contributed by atoms with E-state index in [2.05, 4.69) is 11.4 Å². The molecule has 2 rings (SSSR count). The number of nitrogens with two attached hydrogens (primary N) is 1. The Morgan fingerprint density at radius 3 is 2.65 bits per heavy atom. The maximum atomic E-state index is 13.5. The fraction of sp³-hybridized carbons (Fsp3) is 0.133. The molecule has 0 aliphatic rings. The summed E-state index contributed by atoms with van der Waals surface area (Å²) in [5.41, 5.74) is 8.81. The van der Waals surface area contributed by atoms with Crippen LogP contribution < -0.4 is 15.8 Å². The average Bonchev–Trinajstić information content (AvgIpc) is 2.44. The number of anilines is 3. The van der Waals surface area contributed by atoms with Crippen LogP contribution in [0.1, 0.15) is 11.1 Å². The third-order valence-electron chi connectivity index (χ3n) is 2.96. The SMILES string of the molecule is COc1cc(Nc2cc(C#N)ccc2C)c(N)cc1F. The maximum Gasteiger partial charge on any atom is 0.167 e. The van der Waals surface area contributed by atoms with Crippen molar-refractivity contribution in [1.82, 2.24) is 0 Å². The highest BCUT2D eigenvalue weighted by Gasteiger charge is 2.10. The summed E-state index contributed by atoms with van der Waals surface area (Å²) in [6.07, 6.45) is 0. The van der Waals surface area contributed by atoms with Crippen molar-refractivity contribution in [2.75, 3.05) is 18.2 Å². The number of nitriles is 1. The summed E-state index contributed by atoms with van der Waals surface area (Å²) in [6, 6.07) is 10.0. The minimum Gasteiger partial charge on any atom is -0.494 e. The molecule has 20 heavy (non-hydrogen) atoms. The first-order valence-electron chi connectivity index (χ1n) is 5.96. The molecule has 0 bridgehead atoms. The second-order valence-corrected chi connectivity index (χ2v) is 4.34. The van der Waals surface area contributed by atoms with E-state index in [1.54, 1.807) is 12.1 Å². The predicted molar refractivity (Wildman–Crippen MR) is 76.5 cm³/mol. The van der Waals surface area contributed by atoms with Gasteiger partial charge in [0.25, 0.3) is 0 Å². The van der Waals surface area contributed by atoms with Crippen LogP contribution in [0, 0.1) is 24.1 Å². The summed E-state index contributed by atoms with van der Waals surface area (Å²) in [4.78, 5) is 0. The number of rotatable bonds is 3. The van der Waals surface area contributed by atoms with Gasteiger partial charge < -0.3 is 15.8 Å². The number of methoxy groups -OCH3 is 1. The van der Waals surface area contributed by atoms with Gasteiger partial charge in [-0.2, -0.15) is 5.26 Å². The molecule has 0 atom stereocenters. The number of hydrogen-bond acceptors (Lipinski definition) is 4. The van der Waals surface area contributed by atoms with Gasteiger partial charge in [0.1, 0.15) is 0 Å². The quantitative estimate of drug-likeness (QED) is 0.840. The molecule has 0 saturated carbocycles. The Kier molecular flexibility index (Phi) is 3.76. The smallest absolute Gasteiger partial charge is 0.167 e. The topological polar surface area (TPSA) is 71.1 Å². The lowest BCUT2D eigenvalue weighted by atomic mass is 10.1. The molecule has 0 spiro atoms. The van der Waals surface area contributed by atoms with E-state index in [1.165, 1.54) is 19.2 Å². The van der Waals surface area contributed by atoms with Gasteiger partial charge in [-0.05, 0) is 24.6 Å². The first-order chi connectivity index (χ1) is 9.55. The van der Waals surface area contributed by atoms with Gasteiger partial charge in [0.2, 0.25) is 0 Å². The Morgan fingerprint density at radius 2 is 2.00 bits per heavy atom. The zero-order valence-corrected chi connectivity index (χ0v) is 11.2. The number of ether oxygens (including phenoxy) is 1. The first kappa shape index (κ1) is 13.7. The van der Waals surface area contributed by atoms with E-state index in [4.69, 9.17) is 15.7 Å². The van der Waals surface area contributed by atoms with Crippen LogP contribution in [0.3, 0.4) is 0 Å². The molecule has 0 amide bonds. The molecule has 0 aliphatic carbocycles. The predicted octanol–water partition coefficient (Wildman–Crippen LogP) is 3.34. The van der Waals surface area contributed by atoms with Crippen LogP contribution in [0.15, 0.2) is 30.3 Å². The van der Waals surface area contributed by atoms with Gasteiger partial charge in [-0.25, -0.2) is 4.39 Å². The molecule has 0 aliphatic heterocycles.